The smallest absolute Gasteiger partial charge is 0.268 e. The fraction of sp³-hybridized carbons (Fsp3) is 0.412. The van der Waals surface area contributed by atoms with Crippen molar-refractivity contribution in [1.29, 1.82) is 0 Å². The second-order valence-electron chi connectivity index (χ2n) is 6.38. The average molecular weight is 314 g/mol. The third-order valence-electron chi connectivity index (χ3n) is 5.01. The maximum absolute atomic E-state index is 13.9. The monoisotopic (exact) mass is 314 g/mol. The minimum absolute atomic E-state index is 0.109. The molecule has 0 spiro atoms. The standard InChI is InChI=1S/C17H19FN4O/c1-22-15(11-9-19-7-6-12(11)18)4-5-16(22)17(23)21-14-8-10-2-3-13(14)20-10/h4-7,9-10,13-14,20H,2-3,8H2,1H3,(H,21,23)/t10-,13+,14-/m1/s1. The Hall–Kier alpha value is -2.21. The Morgan fingerprint density at radius 2 is 2.26 bits per heavy atom. The molecule has 23 heavy (non-hydrogen) atoms. The van der Waals surface area contributed by atoms with E-state index in [0.29, 0.717) is 29.0 Å². The maximum Gasteiger partial charge on any atom is 0.268 e. The topological polar surface area (TPSA) is 59.0 Å². The van der Waals surface area contributed by atoms with Gasteiger partial charge < -0.3 is 15.2 Å². The third kappa shape index (κ3) is 2.43. The van der Waals surface area contributed by atoms with Crippen LogP contribution in [0.5, 0.6) is 0 Å². The van der Waals surface area contributed by atoms with Crippen molar-refractivity contribution in [2.45, 2.75) is 37.4 Å². The van der Waals surface area contributed by atoms with Crippen molar-refractivity contribution in [3.05, 3.63) is 42.1 Å². The zero-order valence-corrected chi connectivity index (χ0v) is 12.9. The van der Waals surface area contributed by atoms with E-state index in [-0.39, 0.29) is 17.8 Å². The van der Waals surface area contributed by atoms with E-state index >= 15 is 0 Å². The van der Waals surface area contributed by atoms with Gasteiger partial charge in [0.25, 0.3) is 5.91 Å². The molecule has 4 heterocycles. The summed E-state index contributed by atoms with van der Waals surface area (Å²) in [7, 11) is 1.77. The number of halogens is 1. The second kappa shape index (κ2) is 5.45. The van der Waals surface area contributed by atoms with E-state index in [1.807, 2.05) is 0 Å². The molecule has 2 aliphatic heterocycles. The van der Waals surface area contributed by atoms with Crippen LogP contribution in [0.3, 0.4) is 0 Å². The number of hydrogen-bond donors (Lipinski definition) is 2. The number of carbonyl (C=O) groups is 1. The summed E-state index contributed by atoms with van der Waals surface area (Å²) in [6, 6.07) is 5.93. The quantitative estimate of drug-likeness (QED) is 0.909. The summed E-state index contributed by atoms with van der Waals surface area (Å²) in [5, 5.41) is 6.62. The molecule has 0 aromatic carbocycles. The number of pyridine rings is 1. The predicted octanol–water partition coefficient (Wildman–Crippen LogP) is 1.85. The molecule has 2 aromatic rings. The van der Waals surface area contributed by atoms with Crippen molar-refractivity contribution >= 4 is 5.91 Å². The molecule has 1 amide bonds. The molecule has 0 aliphatic carbocycles. The van der Waals surface area contributed by atoms with Gasteiger partial charge >= 0.3 is 0 Å². The number of aromatic nitrogens is 2. The van der Waals surface area contributed by atoms with Gasteiger partial charge in [-0.3, -0.25) is 9.78 Å². The van der Waals surface area contributed by atoms with Crippen molar-refractivity contribution in [1.82, 2.24) is 20.2 Å². The van der Waals surface area contributed by atoms with Crippen LogP contribution in [0.25, 0.3) is 11.3 Å². The Kier molecular flexibility index (Phi) is 3.41. The van der Waals surface area contributed by atoms with Crippen LogP contribution in [-0.4, -0.2) is 33.6 Å². The Bertz CT molecular complexity index is 757. The minimum atomic E-state index is -0.342. The van der Waals surface area contributed by atoms with Crippen LogP contribution in [0.1, 0.15) is 29.8 Å². The number of amides is 1. The van der Waals surface area contributed by atoms with Gasteiger partial charge in [0, 0.05) is 37.6 Å². The van der Waals surface area contributed by atoms with E-state index in [4.69, 9.17) is 0 Å². The summed E-state index contributed by atoms with van der Waals surface area (Å²) in [5.41, 5.74) is 1.58. The second-order valence-corrected chi connectivity index (χ2v) is 6.38. The molecule has 5 nitrogen and oxygen atoms in total. The Morgan fingerprint density at radius 3 is 2.96 bits per heavy atom. The van der Waals surface area contributed by atoms with E-state index in [2.05, 4.69) is 15.6 Å². The van der Waals surface area contributed by atoms with Gasteiger partial charge in [0.15, 0.2) is 0 Å². The van der Waals surface area contributed by atoms with E-state index in [9.17, 15) is 9.18 Å². The molecule has 0 unspecified atom stereocenters. The molecule has 0 saturated carbocycles. The normalized spacial score (nSPS) is 25.7. The molecular weight excluding hydrogens is 295 g/mol. The Morgan fingerprint density at radius 1 is 1.39 bits per heavy atom. The molecule has 2 N–H and O–H groups in total. The molecular formula is C17H19FN4O. The first-order valence-corrected chi connectivity index (χ1v) is 7.96. The highest BCUT2D eigenvalue weighted by Crippen LogP contribution is 2.29. The van der Waals surface area contributed by atoms with Crippen LogP contribution in [-0.2, 0) is 7.05 Å². The highest BCUT2D eigenvalue weighted by Gasteiger charge is 2.39. The van der Waals surface area contributed by atoms with Crippen molar-refractivity contribution in [2.75, 3.05) is 0 Å². The zero-order valence-electron chi connectivity index (χ0n) is 12.9. The van der Waals surface area contributed by atoms with Crippen molar-refractivity contribution in [2.24, 2.45) is 7.05 Å². The highest BCUT2D eigenvalue weighted by atomic mass is 19.1. The van der Waals surface area contributed by atoms with Gasteiger partial charge in [0.05, 0.1) is 11.3 Å². The van der Waals surface area contributed by atoms with Crippen LogP contribution in [0.2, 0.25) is 0 Å². The molecule has 3 atom stereocenters. The predicted molar refractivity (Wildman–Crippen MR) is 84.4 cm³/mol. The lowest BCUT2D eigenvalue weighted by Crippen LogP contribution is -2.43. The number of fused-ring (bicyclic) bond motifs is 2. The fourth-order valence-electron chi connectivity index (χ4n) is 3.80. The van der Waals surface area contributed by atoms with Crippen molar-refractivity contribution in [3.8, 4) is 11.3 Å². The third-order valence-corrected chi connectivity index (χ3v) is 5.01. The Labute approximate surface area is 133 Å². The average Bonchev–Trinajstić information content (AvgIpc) is 3.23. The summed E-state index contributed by atoms with van der Waals surface area (Å²) >= 11 is 0. The molecule has 2 aliphatic rings. The van der Waals surface area contributed by atoms with E-state index in [0.717, 1.165) is 12.8 Å². The van der Waals surface area contributed by atoms with Gasteiger partial charge in [-0.2, -0.15) is 0 Å². The first-order chi connectivity index (χ1) is 11.1. The summed E-state index contributed by atoms with van der Waals surface area (Å²) in [6.07, 6.45) is 6.20. The minimum Gasteiger partial charge on any atom is -0.346 e. The van der Waals surface area contributed by atoms with Crippen LogP contribution in [0.15, 0.2) is 30.6 Å². The van der Waals surface area contributed by atoms with Crippen molar-refractivity contribution < 1.29 is 9.18 Å². The lowest BCUT2D eigenvalue weighted by atomic mass is 9.95. The van der Waals surface area contributed by atoms with Gasteiger partial charge in [0.1, 0.15) is 11.5 Å². The molecule has 2 saturated heterocycles. The zero-order chi connectivity index (χ0) is 16.0. The van der Waals surface area contributed by atoms with Crippen molar-refractivity contribution in [3.63, 3.8) is 0 Å². The van der Waals surface area contributed by atoms with E-state index < -0.39 is 0 Å². The molecule has 4 rings (SSSR count). The van der Waals surface area contributed by atoms with Gasteiger partial charge in [-0.05, 0) is 37.5 Å². The summed E-state index contributed by atoms with van der Waals surface area (Å²) in [5.74, 6) is -0.451. The van der Waals surface area contributed by atoms with Crippen LogP contribution in [0, 0.1) is 5.82 Å². The first-order valence-electron chi connectivity index (χ1n) is 7.96. The number of rotatable bonds is 3. The summed E-state index contributed by atoms with van der Waals surface area (Å²) in [6.45, 7) is 0. The molecule has 0 radical (unpaired) electrons. The van der Waals surface area contributed by atoms with Crippen LogP contribution < -0.4 is 10.6 Å². The SMILES string of the molecule is Cn1c(C(=O)N[C@@H]2C[C@H]3CC[C@@H]2N3)ccc1-c1cnccc1F. The summed E-state index contributed by atoms with van der Waals surface area (Å²) < 4.78 is 15.7. The maximum atomic E-state index is 13.9. The van der Waals surface area contributed by atoms with Gasteiger partial charge in [-0.25, -0.2) is 4.39 Å². The fourth-order valence-corrected chi connectivity index (χ4v) is 3.80. The number of nitrogens with zero attached hydrogens (tertiary/aromatic N) is 2. The first kappa shape index (κ1) is 14.4. The van der Waals surface area contributed by atoms with Gasteiger partial charge in [-0.1, -0.05) is 0 Å². The molecule has 6 heteroatoms. The van der Waals surface area contributed by atoms with Crippen LogP contribution >= 0.6 is 0 Å². The van der Waals surface area contributed by atoms with E-state index in [1.165, 1.54) is 24.9 Å². The lowest BCUT2D eigenvalue weighted by Gasteiger charge is -2.21. The lowest BCUT2D eigenvalue weighted by molar-refractivity contribution is 0.0923. The largest absolute Gasteiger partial charge is 0.346 e. The van der Waals surface area contributed by atoms with Crippen LogP contribution in [0.4, 0.5) is 4.39 Å². The van der Waals surface area contributed by atoms with Gasteiger partial charge in [-0.15, -0.1) is 0 Å². The Balaban J connectivity index is 1.56. The summed E-state index contributed by atoms with van der Waals surface area (Å²) in [4.78, 5) is 16.5. The van der Waals surface area contributed by atoms with E-state index in [1.54, 1.807) is 23.7 Å². The highest BCUT2D eigenvalue weighted by molar-refractivity contribution is 5.94. The number of hydrogen-bond acceptors (Lipinski definition) is 3. The number of nitrogens with one attached hydrogen (secondary N) is 2. The molecule has 2 fully saturated rings. The molecule has 120 valence electrons. The molecule has 2 bridgehead atoms. The van der Waals surface area contributed by atoms with Gasteiger partial charge in [0.2, 0.25) is 0 Å². The molecule has 2 aromatic heterocycles. The number of carbonyl (C=O) groups excluding carboxylic acids is 1.